The summed E-state index contributed by atoms with van der Waals surface area (Å²) in [4.78, 5) is 2.52. The average molecular weight is 251 g/mol. The normalized spacial score (nSPS) is 10.5. The van der Waals surface area contributed by atoms with Gasteiger partial charge in [-0.3, -0.25) is 0 Å². The predicted molar refractivity (Wildman–Crippen MR) is 81.3 cm³/mol. The summed E-state index contributed by atoms with van der Waals surface area (Å²) in [5.41, 5.74) is 1.37. The van der Waals surface area contributed by atoms with E-state index in [-0.39, 0.29) is 0 Å². The molecule has 0 heterocycles. The van der Waals surface area contributed by atoms with Crippen molar-refractivity contribution < 1.29 is 0 Å². The van der Waals surface area contributed by atoms with Crippen LogP contribution in [0.25, 0.3) is 0 Å². The van der Waals surface area contributed by atoms with Crippen molar-refractivity contribution in [3.05, 3.63) is 30.3 Å². The van der Waals surface area contributed by atoms with Gasteiger partial charge in [-0.2, -0.15) is 12.6 Å². The van der Waals surface area contributed by atoms with Crippen LogP contribution in [-0.2, 0) is 0 Å². The molecular weight excluding hydrogens is 226 g/mol. The molecule has 0 aliphatic heterocycles. The SMILES string of the molecule is CCCCN(CCCCCS)c1ccccc1. The standard InChI is InChI=1S/C15H25NS/c1-2-3-12-16(13-8-5-9-14-17)15-10-6-4-7-11-15/h4,6-7,10-11,17H,2-3,5,8-9,12-14H2,1H3. The molecule has 0 aliphatic carbocycles. The Kier molecular flexibility index (Phi) is 7.98. The van der Waals surface area contributed by atoms with Gasteiger partial charge in [0.25, 0.3) is 0 Å². The molecule has 0 unspecified atom stereocenters. The van der Waals surface area contributed by atoms with Crippen molar-refractivity contribution in [2.24, 2.45) is 0 Å². The van der Waals surface area contributed by atoms with E-state index in [1.165, 1.54) is 50.9 Å². The summed E-state index contributed by atoms with van der Waals surface area (Å²) >= 11 is 4.26. The molecule has 0 bridgehead atoms. The van der Waals surface area contributed by atoms with Gasteiger partial charge in [-0.05, 0) is 37.1 Å². The number of anilines is 1. The van der Waals surface area contributed by atoms with Crippen LogP contribution < -0.4 is 4.90 Å². The van der Waals surface area contributed by atoms with Gasteiger partial charge in [0.05, 0.1) is 0 Å². The number of rotatable bonds is 9. The first-order valence-corrected chi connectivity index (χ1v) is 7.42. The van der Waals surface area contributed by atoms with Crippen LogP contribution in [-0.4, -0.2) is 18.8 Å². The van der Waals surface area contributed by atoms with Crippen molar-refractivity contribution in [1.29, 1.82) is 0 Å². The number of unbranched alkanes of at least 4 members (excludes halogenated alkanes) is 3. The average Bonchev–Trinajstić information content (AvgIpc) is 2.39. The lowest BCUT2D eigenvalue weighted by atomic mass is 10.2. The highest BCUT2D eigenvalue weighted by Crippen LogP contribution is 2.15. The third-order valence-electron chi connectivity index (χ3n) is 2.99. The van der Waals surface area contributed by atoms with Gasteiger partial charge in [0.1, 0.15) is 0 Å². The van der Waals surface area contributed by atoms with E-state index >= 15 is 0 Å². The lowest BCUT2D eigenvalue weighted by Crippen LogP contribution is -2.25. The second-order valence-electron chi connectivity index (χ2n) is 4.46. The fraction of sp³-hybridized carbons (Fsp3) is 0.600. The van der Waals surface area contributed by atoms with Crippen molar-refractivity contribution in [2.45, 2.75) is 39.0 Å². The van der Waals surface area contributed by atoms with Crippen molar-refractivity contribution in [3.63, 3.8) is 0 Å². The number of hydrogen-bond acceptors (Lipinski definition) is 2. The summed E-state index contributed by atoms with van der Waals surface area (Å²) in [5.74, 6) is 1.01. The van der Waals surface area contributed by atoms with Crippen LogP contribution in [0, 0.1) is 0 Å². The fourth-order valence-corrected chi connectivity index (χ4v) is 2.17. The van der Waals surface area contributed by atoms with Gasteiger partial charge in [0.2, 0.25) is 0 Å². The molecule has 96 valence electrons. The van der Waals surface area contributed by atoms with E-state index in [1.54, 1.807) is 0 Å². The highest BCUT2D eigenvalue weighted by Gasteiger charge is 2.04. The summed E-state index contributed by atoms with van der Waals surface area (Å²) in [6, 6.07) is 10.8. The molecule has 0 spiro atoms. The maximum Gasteiger partial charge on any atom is 0.0366 e. The van der Waals surface area contributed by atoms with Gasteiger partial charge in [-0.25, -0.2) is 0 Å². The molecule has 0 N–H and O–H groups in total. The van der Waals surface area contributed by atoms with Gasteiger partial charge in [-0.1, -0.05) is 38.0 Å². The van der Waals surface area contributed by atoms with Crippen LogP contribution in [0.2, 0.25) is 0 Å². The zero-order chi connectivity index (χ0) is 12.3. The van der Waals surface area contributed by atoms with E-state index in [9.17, 15) is 0 Å². The molecule has 1 aromatic carbocycles. The van der Waals surface area contributed by atoms with Crippen LogP contribution in [0.5, 0.6) is 0 Å². The quantitative estimate of drug-likeness (QED) is 0.503. The summed E-state index contributed by atoms with van der Waals surface area (Å²) < 4.78 is 0. The van der Waals surface area contributed by atoms with Crippen LogP contribution in [0.1, 0.15) is 39.0 Å². The second kappa shape index (κ2) is 9.41. The molecule has 0 aliphatic rings. The molecule has 0 amide bonds. The first-order chi connectivity index (χ1) is 8.38. The van der Waals surface area contributed by atoms with Crippen molar-refractivity contribution in [3.8, 4) is 0 Å². The van der Waals surface area contributed by atoms with E-state index in [1.807, 2.05) is 0 Å². The molecule has 0 aromatic heterocycles. The Morgan fingerprint density at radius 3 is 2.29 bits per heavy atom. The molecular formula is C15H25NS. The van der Waals surface area contributed by atoms with E-state index < -0.39 is 0 Å². The molecule has 1 rings (SSSR count). The van der Waals surface area contributed by atoms with Gasteiger partial charge in [0, 0.05) is 18.8 Å². The first kappa shape index (κ1) is 14.4. The van der Waals surface area contributed by atoms with Crippen molar-refractivity contribution in [1.82, 2.24) is 0 Å². The number of thiol groups is 1. The molecule has 0 saturated heterocycles. The topological polar surface area (TPSA) is 3.24 Å². The predicted octanol–water partition coefficient (Wildman–Crippen LogP) is 4.39. The zero-order valence-electron chi connectivity index (χ0n) is 10.9. The Balaban J connectivity index is 2.43. The number of benzene rings is 1. The van der Waals surface area contributed by atoms with Gasteiger partial charge in [-0.15, -0.1) is 0 Å². The molecule has 0 atom stereocenters. The lowest BCUT2D eigenvalue weighted by Gasteiger charge is -2.24. The molecule has 0 saturated carbocycles. The first-order valence-electron chi connectivity index (χ1n) is 6.79. The van der Waals surface area contributed by atoms with E-state index in [2.05, 4.69) is 54.8 Å². The number of hydrogen-bond donors (Lipinski definition) is 1. The Morgan fingerprint density at radius 2 is 1.65 bits per heavy atom. The minimum Gasteiger partial charge on any atom is -0.372 e. The van der Waals surface area contributed by atoms with Crippen LogP contribution in [0.3, 0.4) is 0 Å². The van der Waals surface area contributed by atoms with E-state index in [0.29, 0.717) is 0 Å². The zero-order valence-corrected chi connectivity index (χ0v) is 11.8. The Labute approximate surface area is 112 Å². The van der Waals surface area contributed by atoms with Crippen LogP contribution in [0.4, 0.5) is 5.69 Å². The Hall–Kier alpha value is -0.630. The van der Waals surface area contributed by atoms with Crippen LogP contribution >= 0.6 is 12.6 Å². The van der Waals surface area contributed by atoms with Gasteiger partial charge in [0.15, 0.2) is 0 Å². The summed E-state index contributed by atoms with van der Waals surface area (Å²) in [6.45, 7) is 4.61. The maximum absolute atomic E-state index is 4.26. The molecule has 17 heavy (non-hydrogen) atoms. The number of para-hydroxylation sites is 1. The molecule has 1 nitrogen and oxygen atoms in total. The van der Waals surface area contributed by atoms with Crippen molar-refractivity contribution in [2.75, 3.05) is 23.7 Å². The minimum atomic E-state index is 1.01. The monoisotopic (exact) mass is 251 g/mol. The van der Waals surface area contributed by atoms with Crippen LogP contribution in [0.15, 0.2) is 30.3 Å². The number of nitrogens with zero attached hydrogens (tertiary/aromatic N) is 1. The molecule has 2 heteroatoms. The minimum absolute atomic E-state index is 1.01. The van der Waals surface area contributed by atoms with Gasteiger partial charge >= 0.3 is 0 Å². The third kappa shape index (κ3) is 6.02. The summed E-state index contributed by atoms with van der Waals surface area (Å²) in [6.07, 6.45) is 6.35. The molecule has 0 fully saturated rings. The van der Waals surface area contributed by atoms with E-state index in [0.717, 1.165) is 5.75 Å². The highest BCUT2D eigenvalue weighted by molar-refractivity contribution is 7.80. The van der Waals surface area contributed by atoms with E-state index in [4.69, 9.17) is 0 Å². The molecule has 0 radical (unpaired) electrons. The second-order valence-corrected chi connectivity index (χ2v) is 4.91. The maximum atomic E-state index is 4.26. The largest absolute Gasteiger partial charge is 0.372 e. The highest BCUT2D eigenvalue weighted by atomic mass is 32.1. The fourth-order valence-electron chi connectivity index (χ4n) is 1.95. The molecule has 1 aromatic rings. The van der Waals surface area contributed by atoms with Gasteiger partial charge < -0.3 is 4.90 Å². The smallest absolute Gasteiger partial charge is 0.0366 e. The Morgan fingerprint density at radius 1 is 0.941 bits per heavy atom. The lowest BCUT2D eigenvalue weighted by molar-refractivity contribution is 0.655. The summed E-state index contributed by atoms with van der Waals surface area (Å²) in [5, 5.41) is 0. The third-order valence-corrected chi connectivity index (χ3v) is 3.31. The Bertz CT molecular complexity index is 274. The van der Waals surface area contributed by atoms with Crippen molar-refractivity contribution >= 4 is 18.3 Å². The summed E-state index contributed by atoms with van der Waals surface area (Å²) in [7, 11) is 0.